The second kappa shape index (κ2) is 6.82. The van der Waals surface area contributed by atoms with Crippen molar-refractivity contribution in [1.29, 1.82) is 0 Å². The number of thioether (sulfide) groups is 2. The average molecular weight is 354 g/mol. The van der Waals surface area contributed by atoms with Gasteiger partial charge in [0.05, 0.1) is 4.08 Å². The van der Waals surface area contributed by atoms with E-state index < -0.39 is 0 Å². The first kappa shape index (κ1) is 16.6. The van der Waals surface area contributed by atoms with Crippen molar-refractivity contribution in [3.63, 3.8) is 0 Å². The van der Waals surface area contributed by atoms with Crippen LogP contribution >= 0.6 is 23.5 Å². The Kier molecular flexibility index (Phi) is 4.93. The molecule has 0 aromatic rings. The largest absolute Gasteiger partial charge is 0.353 e. The molecule has 0 aromatic carbocycles. The molecule has 4 fully saturated rings. The average Bonchev–Trinajstić information content (AvgIpc) is 2.99. The van der Waals surface area contributed by atoms with Crippen LogP contribution in [0, 0.1) is 23.7 Å². The zero-order chi connectivity index (χ0) is 15.9. The van der Waals surface area contributed by atoms with Gasteiger partial charge in [0.1, 0.15) is 0 Å². The number of carbonyl (C=O) groups excluding carboxylic acids is 1. The summed E-state index contributed by atoms with van der Waals surface area (Å²) >= 11 is 4.48. The lowest BCUT2D eigenvalue weighted by Crippen LogP contribution is -2.51. The fraction of sp³-hybridized carbons (Fsp3) is 0.947. The van der Waals surface area contributed by atoms with Crippen LogP contribution in [0.5, 0.6) is 0 Å². The third-order valence-electron chi connectivity index (χ3n) is 6.93. The molecule has 3 saturated carbocycles. The highest BCUT2D eigenvalue weighted by atomic mass is 32.2. The molecule has 4 heteroatoms. The number of amides is 1. The third-order valence-corrected chi connectivity index (χ3v) is 10.9. The summed E-state index contributed by atoms with van der Waals surface area (Å²) in [5.41, 5.74) is 0. The summed E-state index contributed by atoms with van der Waals surface area (Å²) in [6.07, 6.45) is 11.6. The molecule has 0 aromatic heterocycles. The summed E-state index contributed by atoms with van der Waals surface area (Å²) in [5.74, 6) is 5.58. The van der Waals surface area contributed by atoms with Crippen LogP contribution in [0.2, 0.25) is 0 Å². The molecule has 130 valence electrons. The minimum Gasteiger partial charge on any atom is -0.353 e. The molecule has 1 spiro atoms. The summed E-state index contributed by atoms with van der Waals surface area (Å²) in [6.45, 7) is 2.32. The van der Waals surface area contributed by atoms with E-state index in [-0.39, 0.29) is 0 Å². The minimum atomic E-state index is 0.298. The van der Waals surface area contributed by atoms with Crippen LogP contribution in [0.15, 0.2) is 0 Å². The summed E-state index contributed by atoms with van der Waals surface area (Å²) in [6, 6.07) is 0.446. The zero-order valence-corrected chi connectivity index (χ0v) is 16.0. The lowest BCUT2D eigenvalue weighted by Gasteiger charge is -2.52. The van der Waals surface area contributed by atoms with Gasteiger partial charge in [-0.3, -0.25) is 4.79 Å². The quantitative estimate of drug-likeness (QED) is 0.781. The van der Waals surface area contributed by atoms with Gasteiger partial charge in [0, 0.05) is 23.5 Å². The summed E-state index contributed by atoms with van der Waals surface area (Å²) in [7, 11) is 0. The molecule has 3 aliphatic carbocycles. The minimum absolute atomic E-state index is 0.298. The first-order valence-corrected chi connectivity index (χ1v) is 11.7. The van der Waals surface area contributed by atoms with Crippen molar-refractivity contribution in [1.82, 2.24) is 5.32 Å². The highest BCUT2D eigenvalue weighted by Gasteiger charge is 2.55. The maximum Gasteiger partial charge on any atom is 0.223 e. The third kappa shape index (κ3) is 3.07. The summed E-state index contributed by atoms with van der Waals surface area (Å²) in [5, 5.41) is 3.45. The molecule has 1 N–H and O–H groups in total. The molecular weight excluding hydrogens is 322 g/mol. The molecule has 1 saturated heterocycles. The molecular formula is C19H31NOS2. The van der Waals surface area contributed by atoms with Gasteiger partial charge in [-0.25, -0.2) is 0 Å². The zero-order valence-electron chi connectivity index (χ0n) is 14.4. The number of rotatable bonds is 2. The molecule has 4 aliphatic rings. The first-order chi connectivity index (χ1) is 11.2. The molecule has 4 atom stereocenters. The van der Waals surface area contributed by atoms with E-state index in [0.29, 0.717) is 27.9 Å². The Balaban J connectivity index is 1.42. The van der Waals surface area contributed by atoms with Crippen molar-refractivity contribution in [2.45, 2.75) is 74.8 Å². The molecule has 1 aliphatic heterocycles. The molecule has 4 unspecified atom stereocenters. The lowest BCUT2D eigenvalue weighted by molar-refractivity contribution is -0.129. The van der Waals surface area contributed by atoms with Crippen molar-refractivity contribution in [3.05, 3.63) is 0 Å². The van der Waals surface area contributed by atoms with Crippen LogP contribution in [-0.4, -0.2) is 27.5 Å². The van der Waals surface area contributed by atoms with Crippen molar-refractivity contribution in [2.24, 2.45) is 23.7 Å². The molecule has 2 nitrogen and oxygen atoms in total. The van der Waals surface area contributed by atoms with Gasteiger partial charge in [0.2, 0.25) is 5.91 Å². The van der Waals surface area contributed by atoms with Gasteiger partial charge in [0.15, 0.2) is 0 Å². The molecule has 1 amide bonds. The molecule has 0 radical (unpaired) electrons. The van der Waals surface area contributed by atoms with E-state index in [4.69, 9.17) is 0 Å². The number of nitrogens with one attached hydrogen (secondary N) is 1. The molecule has 4 rings (SSSR count). The Morgan fingerprint density at radius 3 is 2.26 bits per heavy atom. The van der Waals surface area contributed by atoms with E-state index in [0.717, 1.165) is 24.7 Å². The predicted octanol–water partition coefficient (Wildman–Crippen LogP) is 4.68. The van der Waals surface area contributed by atoms with E-state index in [2.05, 4.69) is 35.8 Å². The van der Waals surface area contributed by atoms with Crippen LogP contribution < -0.4 is 5.32 Å². The molecule has 23 heavy (non-hydrogen) atoms. The number of carbonyl (C=O) groups is 1. The van der Waals surface area contributed by atoms with Gasteiger partial charge < -0.3 is 5.32 Å². The van der Waals surface area contributed by atoms with Crippen LogP contribution in [0.3, 0.4) is 0 Å². The Bertz CT molecular complexity index is 433. The van der Waals surface area contributed by atoms with Gasteiger partial charge in [0.25, 0.3) is 0 Å². The smallest absolute Gasteiger partial charge is 0.223 e. The maximum absolute atomic E-state index is 12.9. The van der Waals surface area contributed by atoms with Crippen LogP contribution in [0.25, 0.3) is 0 Å². The number of hydrogen-bond donors (Lipinski definition) is 1. The first-order valence-electron chi connectivity index (χ1n) is 9.77. The van der Waals surface area contributed by atoms with Crippen molar-refractivity contribution in [2.75, 3.05) is 11.5 Å². The van der Waals surface area contributed by atoms with Crippen LogP contribution in [0.4, 0.5) is 0 Å². The van der Waals surface area contributed by atoms with Crippen LogP contribution in [0.1, 0.15) is 64.7 Å². The van der Waals surface area contributed by atoms with Gasteiger partial charge in [-0.05, 0) is 56.3 Å². The highest BCUT2D eigenvalue weighted by Crippen LogP contribution is 2.64. The SMILES string of the molecule is CC1CCCCC1NC(=O)C1CC2CCCC(C1)C21SCCS1. The summed E-state index contributed by atoms with van der Waals surface area (Å²) < 4.78 is 0.493. The summed E-state index contributed by atoms with van der Waals surface area (Å²) in [4.78, 5) is 12.9. The van der Waals surface area contributed by atoms with Crippen molar-refractivity contribution in [3.8, 4) is 0 Å². The fourth-order valence-electron chi connectivity index (χ4n) is 5.65. The van der Waals surface area contributed by atoms with Gasteiger partial charge in [-0.15, -0.1) is 23.5 Å². The van der Waals surface area contributed by atoms with Gasteiger partial charge >= 0.3 is 0 Å². The predicted molar refractivity (Wildman–Crippen MR) is 101 cm³/mol. The van der Waals surface area contributed by atoms with Crippen LogP contribution in [-0.2, 0) is 4.79 Å². The Morgan fingerprint density at radius 1 is 0.957 bits per heavy atom. The monoisotopic (exact) mass is 353 g/mol. The Morgan fingerprint density at radius 2 is 1.61 bits per heavy atom. The molecule has 1 heterocycles. The second-order valence-corrected chi connectivity index (χ2v) is 11.3. The lowest BCUT2D eigenvalue weighted by atomic mass is 9.66. The topological polar surface area (TPSA) is 29.1 Å². The van der Waals surface area contributed by atoms with E-state index in [1.807, 2.05) is 0 Å². The standard InChI is InChI=1S/C19H31NOS2/c1-13-5-2-3-8-17(13)20-18(21)14-11-15-6-4-7-16(12-14)19(15)22-9-10-23-19/h13-17H,2-12H2,1H3,(H,20,21). The van der Waals surface area contributed by atoms with Gasteiger partial charge in [-0.1, -0.05) is 26.2 Å². The van der Waals surface area contributed by atoms with Gasteiger partial charge in [-0.2, -0.15) is 0 Å². The van der Waals surface area contributed by atoms with E-state index in [1.54, 1.807) is 0 Å². The van der Waals surface area contributed by atoms with Crippen molar-refractivity contribution < 1.29 is 4.79 Å². The van der Waals surface area contributed by atoms with E-state index in [9.17, 15) is 4.79 Å². The molecule has 2 bridgehead atoms. The number of hydrogen-bond acceptors (Lipinski definition) is 3. The fourth-order valence-corrected chi connectivity index (χ4v) is 9.59. The normalized spacial score (nSPS) is 42.6. The van der Waals surface area contributed by atoms with E-state index >= 15 is 0 Å². The Hall–Kier alpha value is 0.170. The maximum atomic E-state index is 12.9. The second-order valence-electron chi connectivity index (χ2n) is 8.29. The highest BCUT2D eigenvalue weighted by molar-refractivity contribution is 8.21. The van der Waals surface area contributed by atoms with Crippen molar-refractivity contribution >= 4 is 29.4 Å². The van der Waals surface area contributed by atoms with E-state index in [1.165, 1.54) is 56.5 Å². The Labute approximate surface area is 149 Å².